The number of unbranched alkanes of at least 4 members (excludes halogenated alkanes) is 1. The van der Waals surface area contributed by atoms with Gasteiger partial charge in [-0.1, -0.05) is 13.3 Å². The second-order valence-electron chi connectivity index (χ2n) is 5.57. The maximum absolute atomic E-state index is 12.5. The number of hydrogen-bond donors (Lipinski definition) is 1. The highest BCUT2D eigenvalue weighted by Crippen LogP contribution is 2.21. The molecule has 1 heterocycles. The molecule has 1 N–H and O–H groups in total. The van der Waals surface area contributed by atoms with E-state index in [1.807, 2.05) is 0 Å². The van der Waals surface area contributed by atoms with E-state index >= 15 is 0 Å². The average molecular weight is 305 g/mol. The first-order valence-corrected chi connectivity index (χ1v) is 7.90. The molecule has 1 aliphatic heterocycles. The van der Waals surface area contributed by atoms with E-state index in [2.05, 4.69) is 6.92 Å². The van der Waals surface area contributed by atoms with Gasteiger partial charge in [0, 0.05) is 12.1 Å². The molecule has 0 unspecified atom stereocenters. The molecule has 22 heavy (non-hydrogen) atoms. The molecule has 0 spiro atoms. The van der Waals surface area contributed by atoms with Crippen LogP contribution in [0.5, 0.6) is 5.75 Å². The van der Waals surface area contributed by atoms with E-state index in [1.54, 1.807) is 24.3 Å². The fraction of sp³-hybridized carbons (Fsp3) is 0.529. The van der Waals surface area contributed by atoms with Crippen molar-refractivity contribution in [1.82, 2.24) is 4.90 Å². The summed E-state index contributed by atoms with van der Waals surface area (Å²) in [7, 11) is 0. The molecule has 5 nitrogen and oxygen atoms in total. The Morgan fingerprint density at radius 3 is 2.64 bits per heavy atom. The van der Waals surface area contributed by atoms with Crippen LogP contribution in [0.25, 0.3) is 0 Å². The number of likely N-dealkylation sites (tertiary alicyclic amines) is 1. The highest BCUT2D eigenvalue weighted by atomic mass is 16.5. The zero-order valence-electron chi connectivity index (χ0n) is 13.0. The number of aliphatic carboxylic acids is 1. The Labute approximate surface area is 130 Å². The fourth-order valence-corrected chi connectivity index (χ4v) is 2.63. The van der Waals surface area contributed by atoms with Crippen LogP contribution < -0.4 is 4.74 Å². The molecular formula is C17H23NO4. The molecule has 0 saturated carbocycles. The number of nitrogens with zero attached hydrogens (tertiary/aromatic N) is 1. The molecule has 0 aliphatic carbocycles. The number of ether oxygens (including phenoxy) is 1. The van der Waals surface area contributed by atoms with Gasteiger partial charge in [0.2, 0.25) is 0 Å². The lowest BCUT2D eigenvalue weighted by Gasteiger charge is -2.33. The summed E-state index contributed by atoms with van der Waals surface area (Å²) in [6.45, 7) is 3.27. The number of carbonyl (C=O) groups excluding carboxylic acids is 1. The third kappa shape index (κ3) is 4.00. The highest BCUT2D eigenvalue weighted by Gasteiger charge is 2.32. The maximum Gasteiger partial charge on any atom is 0.326 e. The van der Waals surface area contributed by atoms with Crippen LogP contribution in [-0.4, -0.2) is 41.1 Å². The van der Waals surface area contributed by atoms with Crippen LogP contribution in [0.3, 0.4) is 0 Å². The van der Waals surface area contributed by atoms with Crippen molar-refractivity contribution in [2.75, 3.05) is 13.2 Å². The van der Waals surface area contributed by atoms with Crippen molar-refractivity contribution in [2.24, 2.45) is 0 Å². The zero-order chi connectivity index (χ0) is 15.9. The Bertz CT molecular complexity index is 512. The van der Waals surface area contributed by atoms with Gasteiger partial charge in [-0.05, 0) is 49.9 Å². The van der Waals surface area contributed by atoms with Gasteiger partial charge in [-0.25, -0.2) is 4.79 Å². The number of piperidine rings is 1. The lowest BCUT2D eigenvalue weighted by atomic mass is 10.0. The summed E-state index contributed by atoms with van der Waals surface area (Å²) in [5, 5.41) is 9.26. The lowest BCUT2D eigenvalue weighted by Crippen LogP contribution is -2.47. The second-order valence-corrected chi connectivity index (χ2v) is 5.57. The number of carboxylic acid groups (broad SMARTS) is 1. The predicted molar refractivity (Wildman–Crippen MR) is 83.2 cm³/mol. The van der Waals surface area contributed by atoms with Gasteiger partial charge in [0.1, 0.15) is 11.8 Å². The number of hydrogen-bond acceptors (Lipinski definition) is 3. The molecule has 1 fully saturated rings. The molecule has 1 aromatic carbocycles. The summed E-state index contributed by atoms with van der Waals surface area (Å²) in [4.78, 5) is 25.3. The molecule has 0 bridgehead atoms. The summed E-state index contributed by atoms with van der Waals surface area (Å²) in [6.07, 6.45) is 4.30. The van der Waals surface area contributed by atoms with E-state index in [-0.39, 0.29) is 5.91 Å². The molecule has 5 heteroatoms. The Morgan fingerprint density at radius 2 is 2.00 bits per heavy atom. The third-order valence-electron chi connectivity index (χ3n) is 3.92. The standard InChI is InChI=1S/C17H23NO4/c1-2-3-12-22-14-9-7-13(8-10-14)16(19)18-11-5-4-6-15(18)17(20)21/h7-10,15H,2-6,11-12H2,1H3,(H,20,21)/t15-/m1/s1. The van der Waals surface area contributed by atoms with Gasteiger partial charge >= 0.3 is 5.97 Å². The molecule has 0 aromatic heterocycles. The summed E-state index contributed by atoms with van der Waals surface area (Å²) in [5.41, 5.74) is 0.510. The quantitative estimate of drug-likeness (QED) is 0.821. The average Bonchev–Trinajstić information content (AvgIpc) is 2.55. The van der Waals surface area contributed by atoms with E-state index in [4.69, 9.17) is 4.74 Å². The largest absolute Gasteiger partial charge is 0.494 e. The zero-order valence-corrected chi connectivity index (χ0v) is 13.0. The number of amides is 1. The summed E-state index contributed by atoms with van der Waals surface area (Å²) >= 11 is 0. The van der Waals surface area contributed by atoms with Gasteiger partial charge < -0.3 is 14.7 Å². The Kier molecular flexibility index (Phi) is 5.81. The van der Waals surface area contributed by atoms with Gasteiger partial charge in [-0.15, -0.1) is 0 Å². The van der Waals surface area contributed by atoms with Crippen molar-refractivity contribution in [1.29, 1.82) is 0 Å². The summed E-state index contributed by atoms with van der Waals surface area (Å²) in [6, 6.07) is 6.24. The van der Waals surface area contributed by atoms with E-state index in [0.717, 1.165) is 31.4 Å². The molecule has 1 atom stereocenters. The second kappa shape index (κ2) is 7.82. The van der Waals surface area contributed by atoms with Gasteiger partial charge in [0.05, 0.1) is 6.61 Å². The monoisotopic (exact) mass is 305 g/mol. The molecule has 1 amide bonds. The van der Waals surface area contributed by atoms with Gasteiger partial charge in [-0.3, -0.25) is 4.79 Å². The number of carbonyl (C=O) groups is 2. The summed E-state index contributed by atoms with van der Waals surface area (Å²) in [5.74, 6) is -0.404. The SMILES string of the molecule is CCCCOc1ccc(C(=O)N2CCCC[C@@H]2C(=O)O)cc1. The van der Waals surface area contributed by atoms with E-state index in [0.29, 0.717) is 25.1 Å². The van der Waals surface area contributed by atoms with Crippen LogP contribution in [0.1, 0.15) is 49.4 Å². The summed E-state index contributed by atoms with van der Waals surface area (Å²) < 4.78 is 5.57. The van der Waals surface area contributed by atoms with E-state index in [9.17, 15) is 14.7 Å². The first-order valence-electron chi connectivity index (χ1n) is 7.90. The molecular weight excluding hydrogens is 282 g/mol. The van der Waals surface area contributed by atoms with Gasteiger partial charge in [0.25, 0.3) is 5.91 Å². The number of benzene rings is 1. The van der Waals surface area contributed by atoms with Crippen molar-refractivity contribution in [3.8, 4) is 5.75 Å². The van der Waals surface area contributed by atoms with Crippen LogP contribution in [0.15, 0.2) is 24.3 Å². The van der Waals surface area contributed by atoms with Crippen LogP contribution in [-0.2, 0) is 4.79 Å². The topological polar surface area (TPSA) is 66.8 Å². The number of rotatable bonds is 6. The fourth-order valence-electron chi connectivity index (χ4n) is 2.63. The van der Waals surface area contributed by atoms with Crippen molar-refractivity contribution in [2.45, 2.75) is 45.1 Å². The van der Waals surface area contributed by atoms with Crippen molar-refractivity contribution in [3.63, 3.8) is 0 Å². The van der Waals surface area contributed by atoms with Crippen LogP contribution in [0.4, 0.5) is 0 Å². The molecule has 1 aromatic rings. The van der Waals surface area contributed by atoms with Gasteiger partial charge in [0.15, 0.2) is 0 Å². The Hall–Kier alpha value is -2.04. The molecule has 1 saturated heterocycles. The minimum absolute atomic E-state index is 0.216. The lowest BCUT2D eigenvalue weighted by molar-refractivity contribution is -0.143. The minimum atomic E-state index is -0.924. The normalized spacial score (nSPS) is 18.0. The van der Waals surface area contributed by atoms with Crippen molar-refractivity contribution < 1.29 is 19.4 Å². The van der Waals surface area contributed by atoms with Gasteiger partial charge in [-0.2, -0.15) is 0 Å². The third-order valence-corrected chi connectivity index (χ3v) is 3.92. The smallest absolute Gasteiger partial charge is 0.326 e. The highest BCUT2D eigenvalue weighted by molar-refractivity contribution is 5.96. The molecule has 120 valence electrons. The Morgan fingerprint density at radius 1 is 1.27 bits per heavy atom. The van der Waals surface area contributed by atoms with Crippen molar-refractivity contribution in [3.05, 3.63) is 29.8 Å². The van der Waals surface area contributed by atoms with E-state index < -0.39 is 12.0 Å². The first kappa shape index (κ1) is 16.3. The van der Waals surface area contributed by atoms with Crippen LogP contribution >= 0.6 is 0 Å². The molecule has 2 rings (SSSR count). The maximum atomic E-state index is 12.5. The molecule has 0 radical (unpaired) electrons. The first-order chi connectivity index (χ1) is 10.6. The van der Waals surface area contributed by atoms with Crippen LogP contribution in [0, 0.1) is 0 Å². The Balaban J connectivity index is 2.03. The predicted octanol–water partition coefficient (Wildman–Crippen LogP) is 2.94. The minimum Gasteiger partial charge on any atom is -0.494 e. The van der Waals surface area contributed by atoms with Crippen LogP contribution in [0.2, 0.25) is 0 Å². The number of carboxylic acids is 1. The van der Waals surface area contributed by atoms with Crippen molar-refractivity contribution >= 4 is 11.9 Å². The molecule has 1 aliphatic rings. The van der Waals surface area contributed by atoms with E-state index in [1.165, 1.54) is 4.90 Å².